The monoisotopic (exact) mass is 295 g/mol. The Kier molecular flexibility index (Phi) is 5.08. The molecule has 0 fully saturated rings. The number of halogens is 2. The van der Waals surface area contributed by atoms with Crippen LogP contribution in [0.15, 0.2) is 42.5 Å². The minimum absolute atomic E-state index is 0.465. The van der Waals surface area contributed by atoms with Crippen molar-refractivity contribution in [3.8, 4) is 5.75 Å². The summed E-state index contributed by atoms with van der Waals surface area (Å²) < 4.78 is 5.69. The molecule has 0 unspecified atom stereocenters. The molecule has 0 bridgehead atoms. The van der Waals surface area contributed by atoms with Gasteiger partial charge in [-0.25, -0.2) is 0 Å². The van der Waals surface area contributed by atoms with Crippen molar-refractivity contribution in [2.75, 3.05) is 6.54 Å². The van der Waals surface area contributed by atoms with Gasteiger partial charge < -0.3 is 10.5 Å². The quantitative estimate of drug-likeness (QED) is 0.902. The van der Waals surface area contributed by atoms with Gasteiger partial charge in [0.2, 0.25) is 0 Å². The molecular formula is C15H15Cl2NO. The van der Waals surface area contributed by atoms with Crippen molar-refractivity contribution in [1.29, 1.82) is 0 Å². The molecule has 0 spiro atoms. The zero-order valence-corrected chi connectivity index (χ0v) is 11.9. The van der Waals surface area contributed by atoms with E-state index in [0.29, 0.717) is 28.9 Å². The third-order valence-electron chi connectivity index (χ3n) is 2.74. The maximum Gasteiger partial charge on any atom is 0.138 e. The molecule has 2 N–H and O–H groups in total. The predicted octanol–water partition coefficient (Wildman–Crippen LogP) is 4.07. The van der Waals surface area contributed by atoms with Gasteiger partial charge in [0.1, 0.15) is 12.4 Å². The maximum atomic E-state index is 6.17. The topological polar surface area (TPSA) is 35.2 Å². The second-order valence-electron chi connectivity index (χ2n) is 4.22. The molecule has 19 heavy (non-hydrogen) atoms. The summed E-state index contributed by atoms with van der Waals surface area (Å²) in [6, 6.07) is 13.3. The first-order valence-corrected chi connectivity index (χ1v) is 6.80. The van der Waals surface area contributed by atoms with Gasteiger partial charge in [-0.15, -0.1) is 0 Å². The zero-order valence-electron chi connectivity index (χ0n) is 10.4. The molecule has 0 aliphatic heterocycles. The minimum Gasteiger partial charge on any atom is -0.487 e. The van der Waals surface area contributed by atoms with Crippen molar-refractivity contribution in [3.63, 3.8) is 0 Å². The number of ether oxygens (including phenoxy) is 1. The summed E-state index contributed by atoms with van der Waals surface area (Å²) >= 11 is 12.0. The van der Waals surface area contributed by atoms with Crippen LogP contribution in [0.5, 0.6) is 5.75 Å². The van der Waals surface area contributed by atoms with Crippen LogP contribution in [-0.2, 0) is 13.0 Å². The van der Waals surface area contributed by atoms with E-state index in [0.717, 1.165) is 17.5 Å². The van der Waals surface area contributed by atoms with E-state index in [4.69, 9.17) is 33.7 Å². The number of hydrogen-bond acceptors (Lipinski definition) is 2. The summed E-state index contributed by atoms with van der Waals surface area (Å²) in [6.45, 7) is 1.08. The minimum atomic E-state index is 0.465. The van der Waals surface area contributed by atoms with Crippen LogP contribution in [0.4, 0.5) is 0 Å². The third-order valence-corrected chi connectivity index (χ3v) is 3.28. The lowest BCUT2D eigenvalue weighted by Gasteiger charge is -2.09. The molecule has 0 aliphatic carbocycles. The van der Waals surface area contributed by atoms with Crippen molar-refractivity contribution in [1.82, 2.24) is 0 Å². The first kappa shape index (κ1) is 14.2. The highest BCUT2D eigenvalue weighted by Crippen LogP contribution is 2.26. The molecule has 100 valence electrons. The van der Waals surface area contributed by atoms with Gasteiger partial charge in [-0.05, 0) is 48.4 Å². The summed E-state index contributed by atoms with van der Waals surface area (Å²) in [5, 5.41) is 1.33. The molecule has 2 aromatic carbocycles. The van der Waals surface area contributed by atoms with E-state index in [1.165, 1.54) is 0 Å². The molecule has 0 radical (unpaired) electrons. The van der Waals surface area contributed by atoms with Crippen molar-refractivity contribution in [3.05, 3.63) is 63.6 Å². The van der Waals surface area contributed by atoms with Crippen LogP contribution in [-0.4, -0.2) is 6.54 Å². The van der Waals surface area contributed by atoms with E-state index in [-0.39, 0.29) is 0 Å². The van der Waals surface area contributed by atoms with Crippen LogP contribution < -0.4 is 10.5 Å². The van der Waals surface area contributed by atoms with Gasteiger partial charge in [-0.3, -0.25) is 0 Å². The van der Waals surface area contributed by atoms with Crippen molar-refractivity contribution in [2.45, 2.75) is 13.0 Å². The fourth-order valence-corrected chi connectivity index (χ4v) is 2.11. The summed E-state index contributed by atoms with van der Waals surface area (Å²) in [5.41, 5.74) is 7.68. The Balaban J connectivity index is 2.01. The van der Waals surface area contributed by atoms with Crippen LogP contribution in [0, 0.1) is 0 Å². The SMILES string of the molecule is NCCc1ccc(OCc2ccc(Cl)cc2)c(Cl)c1. The fraction of sp³-hybridized carbons (Fsp3) is 0.200. The zero-order chi connectivity index (χ0) is 13.7. The molecule has 0 amide bonds. The number of benzene rings is 2. The van der Waals surface area contributed by atoms with Gasteiger partial charge in [-0.1, -0.05) is 41.4 Å². The average molecular weight is 296 g/mol. The normalized spacial score (nSPS) is 10.5. The van der Waals surface area contributed by atoms with Gasteiger partial charge >= 0.3 is 0 Å². The van der Waals surface area contributed by atoms with E-state index in [9.17, 15) is 0 Å². The van der Waals surface area contributed by atoms with Gasteiger partial charge in [0.05, 0.1) is 5.02 Å². The molecule has 0 aliphatic rings. The van der Waals surface area contributed by atoms with Crippen LogP contribution in [0.1, 0.15) is 11.1 Å². The highest BCUT2D eigenvalue weighted by molar-refractivity contribution is 6.32. The largest absolute Gasteiger partial charge is 0.487 e. The fourth-order valence-electron chi connectivity index (χ4n) is 1.73. The van der Waals surface area contributed by atoms with Crippen LogP contribution in [0.3, 0.4) is 0 Å². The number of rotatable bonds is 5. The molecule has 2 aromatic rings. The van der Waals surface area contributed by atoms with Crippen LogP contribution >= 0.6 is 23.2 Å². The third kappa shape index (κ3) is 4.13. The van der Waals surface area contributed by atoms with Crippen molar-refractivity contribution < 1.29 is 4.74 Å². The van der Waals surface area contributed by atoms with Gasteiger partial charge in [0, 0.05) is 5.02 Å². The van der Waals surface area contributed by atoms with E-state index >= 15 is 0 Å². The summed E-state index contributed by atoms with van der Waals surface area (Å²) in [7, 11) is 0. The highest BCUT2D eigenvalue weighted by atomic mass is 35.5. The Hall–Kier alpha value is -1.22. The Morgan fingerprint density at radius 1 is 0.947 bits per heavy atom. The molecule has 4 heteroatoms. The van der Waals surface area contributed by atoms with E-state index in [1.807, 2.05) is 42.5 Å². The second-order valence-corrected chi connectivity index (χ2v) is 5.06. The molecule has 2 rings (SSSR count). The Morgan fingerprint density at radius 3 is 2.26 bits per heavy atom. The van der Waals surface area contributed by atoms with Crippen LogP contribution in [0.25, 0.3) is 0 Å². The highest BCUT2D eigenvalue weighted by Gasteiger charge is 2.03. The van der Waals surface area contributed by atoms with E-state index in [1.54, 1.807) is 0 Å². The molecular weight excluding hydrogens is 281 g/mol. The van der Waals surface area contributed by atoms with Gasteiger partial charge in [0.25, 0.3) is 0 Å². The average Bonchev–Trinajstić information content (AvgIpc) is 2.40. The summed E-state index contributed by atoms with van der Waals surface area (Å²) in [4.78, 5) is 0. The predicted molar refractivity (Wildman–Crippen MR) is 80.0 cm³/mol. The lowest BCUT2D eigenvalue weighted by Crippen LogP contribution is -2.03. The second kappa shape index (κ2) is 6.80. The Labute approximate surface area is 123 Å². The first-order valence-electron chi connectivity index (χ1n) is 6.05. The molecule has 0 saturated heterocycles. The van der Waals surface area contributed by atoms with Gasteiger partial charge in [0.15, 0.2) is 0 Å². The van der Waals surface area contributed by atoms with Gasteiger partial charge in [-0.2, -0.15) is 0 Å². The lowest BCUT2D eigenvalue weighted by molar-refractivity contribution is 0.306. The molecule has 2 nitrogen and oxygen atoms in total. The first-order chi connectivity index (χ1) is 9.19. The Morgan fingerprint density at radius 2 is 1.63 bits per heavy atom. The Bertz CT molecular complexity index is 540. The number of hydrogen-bond donors (Lipinski definition) is 1. The standard InChI is InChI=1S/C15H15Cl2NO/c16-13-4-1-12(2-5-13)10-19-15-6-3-11(7-8-18)9-14(15)17/h1-6,9H,7-8,10,18H2. The summed E-state index contributed by atoms with van der Waals surface area (Å²) in [6.07, 6.45) is 0.817. The maximum absolute atomic E-state index is 6.17. The van der Waals surface area contributed by atoms with Crippen LogP contribution in [0.2, 0.25) is 10.0 Å². The van der Waals surface area contributed by atoms with Crippen molar-refractivity contribution >= 4 is 23.2 Å². The molecule has 0 aromatic heterocycles. The number of nitrogens with two attached hydrogens (primary N) is 1. The molecule has 0 atom stereocenters. The lowest BCUT2D eigenvalue weighted by atomic mass is 10.1. The van der Waals surface area contributed by atoms with E-state index < -0.39 is 0 Å². The smallest absolute Gasteiger partial charge is 0.138 e. The van der Waals surface area contributed by atoms with E-state index in [2.05, 4.69) is 0 Å². The summed E-state index contributed by atoms with van der Waals surface area (Å²) in [5.74, 6) is 0.678. The molecule has 0 saturated carbocycles. The molecule has 0 heterocycles. The van der Waals surface area contributed by atoms with Crippen molar-refractivity contribution in [2.24, 2.45) is 5.73 Å².